The lowest BCUT2D eigenvalue weighted by Crippen LogP contribution is -2.22. The number of anilines is 2. The minimum Gasteiger partial charge on any atom is -0.493 e. The predicted molar refractivity (Wildman–Crippen MR) is 106 cm³/mol. The summed E-state index contributed by atoms with van der Waals surface area (Å²) in [5.41, 5.74) is 1.51. The second-order valence-electron chi connectivity index (χ2n) is 6.80. The van der Waals surface area contributed by atoms with E-state index in [9.17, 15) is 4.79 Å². The van der Waals surface area contributed by atoms with Crippen molar-refractivity contribution in [1.82, 2.24) is 0 Å². The summed E-state index contributed by atoms with van der Waals surface area (Å²) >= 11 is 0. The minimum atomic E-state index is -0.134. The summed E-state index contributed by atoms with van der Waals surface area (Å²) in [6.45, 7) is 8.92. The van der Waals surface area contributed by atoms with E-state index in [0.717, 1.165) is 17.2 Å². The van der Waals surface area contributed by atoms with Crippen LogP contribution in [0, 0.1) is 5.92 Å². The highest BCUT2D eigenvalue weighted by atomic mass is 16.5. The zero-order chi connectivity index (χ0) is 18.9. The highest BCUT2D eigenvalue weighted by molar-refractivity contribution is 5.94. The topological polar surface area (TPSA) is 59.6 Å². The molecular formula is C21H28N2O3. The third-order valence-electron chi connectivity index (χ3n) is 3.39. The predicted octanol–water partition coefficient (Wildman–Crippen LogP) is 4.56. The molecule has 2 rings (SSSR count). The molecule has 0 aliphatic carbocycles. The summed E-state index contributed by atoms with van der Waals surface area (Å²) < 4.78 is 11.4. The number of hydrogen-bond acceptors (Lipinski definition) is 4. The summed E-state index contributed by atoms with van der Waals surface area (Å²) in [7, 11) is 0. The molecule has 5 heteroatoms. The van der Waals surface area contributed by atoms with Crippen molar-refractivity contribution in [1.29, 1.82) is 0 Å². The largest absolute Gasteiger partial charge is 0.493 e. The third-order valence-corrected chi connectivity index (χ3v) is 3.39. The number of nitrogens with one attached hydrogen (secondary N) is 2. The second kappa shape index (κ2) is 9.70. The summed E-state index contributed by atoms with van der Waals surface area (Å²) in [6, 6.07) is 15.0. The molecule has 0 atom stereocenters. The first kappa shape index (κ1) is 19.6. The Morgan fingerprint density at radius 3 is 2.54 bits per heavy atom. The average molecular weight is 356 g/mol. The van der Waals surface area contributed by atoms with Crippen molar-refractivity contribution >= 4 is 17.3 Å². The van der Waals surface area contributed by atoms with Crippen LogP contribution in [0.25, 0.3) is 0 Å². The van der Waals surface area contributed by atoms with Gasteiger partial charge >= 0.3 is 0 Å². The van der Waals surface area contributed by atoms with Crippen LogP contribution in [-0.4, -0.2) is 25.2 Å². The number of rotatable bonds is 9. The van der Waals surface area contributed by atoms with Crippen molar-refractivity contribution in [2.24, 2.45) is 5.92 Å². The van der Waals surface area contributed by atoms with Gasteiger partial charge in [0, 0.05) is 11.8 Å². The molecule has 2 aromatic rings. The summed E-state index contributed by atoms with van der Waals surface area (Å²) in [4.78, 5) is 12.2. The van der Waals surface area contributed by atoms with Crippen LogP contribution in [0.5, 0.6) is 11.5 Å². The standard InChI is InChI=1S/C21H28N2O3/c1-15(2)14-25-18-9-7-8-17(12-18)23-21(24)13-22-19-10-5-6-11-20(19)26-16(3)4/h5-12,15-16,22H,13-14H2,1-4H3,(H,23,24). The Kier molecular flexibility index (Phi) is 7.33. The van der Waals surface area contributed by atoms with Crippen LogP contribution in [0.15, 0.2) is 48.5 Å². The molecule has 2 aromatic carbocycles. The van der Waals surface area contributed by atoms with E-state index in [-0.39, 0.29) is 18.6 Å². The second-order valence-corrected chi connectivity index (χ2v) is 6.80. The first-order valence-corrected chi connectivity index (χ1v) is 8.96. The lowest BCUT2D eigenvalue weighted by Gasteiger charge is -2.15. The van der Waals surface area contributed by atoms with Crippen molar-refractivity contribution in [2.75, 3.05) is 23.8 Å². The van der Waals surface area contributed by atoms with Crippen molar-refractivity contribution in [3.05, 3.63) is 48.5 Å². The molecule has 0 aliphatic heterocycles. The molecule has 0 fully saturated rings. The number of ether oxygens (including phenoxy) is 2. The number of carbonyl (C=O) groups is 1. The van der Waals surface area contributed by atoms with E-state index in [1.807, 2.05) is 62.4 Å². The number of benzene rings is 2. The zero-order valence-corrected chi connectivity index (χ0v) is 15.9. The molecule has 0 spiro atoms. The molecular weight excluding hydrogens is 328 g/mol. The molecule has 0 bridgehead atoms. The van der Waals surface area contributed by atoms with E-state index in [0.29, 0.717) is 18.2 Å². The van der Waals surface area contributed by atoms with Crippen LogP contribution >= 0.6 is 0 Å². The lowest BCUT2D eigenvalue weighted by molar-refractivity contribution is -0.114. The number of carbonyl (C=O) groups excluding carboxylic acids is 1. The van der Waals surface area contributed by atoms with Crippen LogP contribution in [0.1, 0.15) is 27.7 Å². The molecule has 140 valence electrons. The maximum Gasteiger partial charge on any atom is 0.243 e. The minimum absolute atomic E-state index is 0.0698. The fourth-order valence-electron chi connectivity index (χ4n) is 2.28. The smallest absolute Gasteiger partial charge is 0.243 e. The molecule has 0 saturated heterocycles. The fraction of sp³-hybridized carbons (Fsp3) is 0.381. The van der Waals surface area contributed by atoms with Crippen molar-refractivity contribution in [3.63, 3.8) is 0 Å². The molecule has 0 saturated carbocycles. The van der Waals surface area contributed by atoms with Gasteiger partial charge in [0.2, 0.25) is 5.91 Å². The normalized spacial score (nSPS) is 10.7. The summed E-state index contributed by atoms with van der Waals surface area (Å²) in [5.74, 6) is 1.80. The highest BCUT2D eigenvalue weighted by Crippen LogP contribution is 2.24. The van der Waals surface area contributed by atoms with Gasteiger partial charge in [-0.25, -0.2) is 0 Å². The Morgan fingerprint density at radius 2 is 1.81 bits per heavy atom. The molecule has 0 radical (unpaired) electrons. The van der Waals surface area contributed by atoms with Crippen LogP contribution in [-0.2, 0) is 4.79 Å². The van der Waals surface area contributed by atoms with Gasteiger partial charge in [-0.1, -0.05) is 32.0 Å². The van der Waals surface area contributed by atoms with Crippen LogP contribution in [0.4, 0.5) is 11.4 Å². The van der Waals surface area contributed by atoms with Gasteiger partial charge in [-0.2, -0.15) is 0 Å². The van der Waals surface area contributed by atoms with Crippen molar-refractivity contribution in [2.45, 2.75) is 33.8 Å². The molecule has 0 heterocycles. The zero-order valence-electron chi connectivity index (χ0n) is 15.9. The van der Waals surface area contributed by atoms with E-state index in [1.165, 1.54) is 0 Å². The van der Waals surface area contributed by atoms with Gasteiger partial charge in [-0.3, -0.25) is 4.79 Å². The van der Waals surface area contributed by atoms with Crippen LogP contribution in [0.2, 0.25) is 0 Å². The molecule has 0 aliphatic rings. The van der Waals surface area contributed by atoms with E-state index in [1.54, 1.807) is 0 Å². The quantitative estimate of drug-likeness (QED) is 0.691. The van der Waals surface area contributed by atoms with Gasteiger partial charge in [0.05, 0.1) is 24.9 Å². The third kappa shape index (κ3) is 6.67. The monoisotopic (exact) mass is 356 g/mol. The highest BCUT2D eigenvalue weighted by Gasteiger charge is 2.08. The molecule has 1 amide bonds. The number of para-hydroxylation sites is 2. The van der Waals surface area contributed by atoms with Gasteiger partial charge < -0.3 is 20.1 Å². The van der Waals surface area contributed by atoms with E-state index < -0.39 is 0 Å². The Morgan fingerprint density at radius 1 is 1.04 bits per heavy atom. The van der Waals surface area contributed by atoms with Gasteiger partial charge in [0.1, 0.15) is 11.5 Å². The average Bonchev–Trinajstić information content (AvgIpc) is 2.59. The Balaban J connectivity index is 1.90. The first-order chi connectivity index (χ1) is 12.4. The van der Waals surface area contributed by atoms with Gasteiger partial charge in [-0.15, -0.1) is 0 Å². The van der Waals surface area contributed by atoms with Gasteiger partial charge in [0.15, 0.2) is 0 Å². The molecule has 26 heavy (non-hydrogen) atoms. The molecule has 2 N–H and O–H groups in total. The maximum absolute atomic E-state index is 12.2. The lowest BCUT2D eigenvalue weighted by atomic mass is 10.2. The number of hydrogen-bond donors (Lipinski definition) is 2. The molecule has 5 nitrogen and oxygen atoms in total. The summed E-state index contributed by atoms with van der Waals surface area (Å²) in [6.07, 6.45) is 0.0698. The Labute approximate surface area is 155 Å². The van der Waals surface area contributed by atoms with Gasteiger partial charge in [0.25, 0.3) is 0 Å². The molecule has 0 unspecified atom stereocenters. The SMILES string of the molecule is CC(C)COc1cccc(NC(=O)CNc2ccccc2OC(C)C)c1. The summed E-state index contributed by atoms with van der Waals surface area (Å²) in [5, 5.41) is 6.00. The molecule has 0 aromatic heterocycles. The van der Waals surface area contributed by atoms with Gasteiger partial charge in [-0.05, 0) is 44.0 Å². The first-order valence-electron chi connectivity index (χ1n) is 8.96. The van der Waals surface area contributed by atoms with Crippen molar-refractivity contribution < 1.29 is 14.3 Å². The van der Waals surface area contributed by atoms with Crippen molar-refractivity contribution in [3.8, 4) is 11.5 Å². The maximum atomic E-state index is 12.2. The Hall–Kier alpha value is -2.69. The van der Waals surface area contributed by atoms with E-state index in [4.69, 9.17) is 9.47 Å². The number of amides is 1. The van der Waals surface area contributed by atoms with E-state index >= 15 is 0 Å². The Bertz CT molecular complexity index is 714. The van der Waals surface area contributed by atoms with Crippen LogP contribution in [0.3, 0.4) is 0 Å². The fourth-order valence-corrected chi connectivity index (χ4v) is 2.28. The van der Waals surface area contributed by atoms with Crippen LogP contribution < -0.4 is 20.1 Å². The van der Waals surface area contributed by atoms with E-state index in [2.05, 4.69) is 24.5 Å².